The number of benzene rings is 1. The highest BCUT2D eigenvalue weighted by molar-refractivity contribution is 7.09. The minimum atomic E-state index is -0.0905. The standard InChI is InChI=1S/C12H12ClNO2S/c1-8-7-17-11(14-8)6-16-12-9(5-15)3-2-4-10(12)13/h2-4,7,15H,5-6H2,1H3. The van der Waals surface area contributed by atoms with Crippen molar-refractivity contribution < 1.29 is 9.84 Å². The third-order valence-electron chi connectivity index (χ3n) is 2.23. The maximum atomic E-state index is 9.19. The van der Waals surface area contributed by atoms with Gasteiger partial charge in [-0.3, -0.25) is 0 Å². The summed E-state index contributed by atoms with van der Waals surface area (Å²) in [5.74, 6) is 0.532. The molecule has 0 aliphatic carbocycles. The molecule has 90 valence electrons. The van der Waals surface area contributed by atoms with E-state index in [-0.39, 0.29) is 6.61 Å². The van der Waals surface area contributed by atoms with Gasteiger partial charge in [-0.2, -0.15) is 0 Å². The maximum Gasteiger partial charge on any atom is 0.144 e. The molecule has 3 nitrogen and oxygen atoms in total. The normalized spacial score (nSPS) is 10.5. The van der Waals surface area contributed by atoms with Crippen LogP contribution in [0.1, 0.15) is 16.3 Å². The average Bonchev–Trinajstić information content (AvgIpc) is 2.73. The number of aryl methyl sites for hydroxylation is 1. The highest BCUT2D eigenvalue weighted by atomic mass is 35.5. The van der Waals surface area contributed by atoms with Gasteiger partial charge in [-0.1, -0.05) is 23.7 Å². The first-order chi connectivity index (χ1) is 8.20. The molecule has 2 rings (SSSR count). The van der Waals surface area contributed by atoms with Crippen LogP contribution in [0.5, 0.6) is 5.75 Å². The van der Waals surface area contributed by atoms with E-state index in [0.717, 1.165) is 10.7 Å². The van der Waals surface area contributed by atoms with Gasteiger partial charge in [0.25, 0.3) is 0 Å². The van der Waals surface area contributed by atoms with Crippen LogP contribution >= 0.6 is 22.9 Å². The van der Waals surface area contributed by atoms with E-state index in [1.807, 2.05) is 12.3 Å². The van der Waals surface area contributed by atoms with E-state index in [1.54, 1.807) is 29.5 Å². The zero-order valence-electron chi connectivity index (χ0n) is 9.31. The van der Waals surface area contributed by atoms with Crippen LogP contribution in [0.15, 0.2) is 23.6 Å². The van der Waals surface area contributed by atoms with Crippen molar-refractivity contribution >= 4 is 22.9 Å². The second-order valence-electron chi connectivity index (χ2n) is 3.56. The van der Waals surface area contributed by atoms with Gasteiger partial charge in [0.05, 0.1) is 11.6 Å². The molecule has 1 heterocycles. The maximum absolute atomic E-state index is 9.19. The third kappa shape index (κ3) is 2.97. The number of thiazole rings is 1. The average molecular weight is 270 g/mol. The Bertz CT molecular complexity index is 513. The summed E-state index contributed by atoms with van der Waals surface area (Å²) in [5, 5.41) is 12.6. The van der Waals surface area contributed by atoms with Gasteiger partial charge in [-0.05, 0) is 13.0 Å². The molecule has 1 N–H and O–H groups in total. The minimum Gasteiger partial charge on any atom is -0.484 e. The number of hydrogen-bond donors (Lipinski definition) is 1. The zero-order valence-corrected chi connectivity index (χ0v) is 10.9. The van der Waals surface area contributed by atoms with Crippen molar-refractivity contribution in [1.29, 1.82) is 0 Å². The van der Waals surface area contributed by atoms with Gasteiger partial charge in [-0.15, -0.1) is 11.3 Å². The van der Waals surface area contributed by atoms with E-state index < -0.39 is 0 Å². The van der Waals surface area contributed by atoms with E-state index in [9.17, 15) is 5.11 Å². The lowest BCUT2D eigenvalue weighted by Gasteiger charge is -2.10. The van der Waals surface area contributed by atoms with E-state index in [0.29, 0.717) is 22.9 Å². The van der Waals surface area contributed by atoms with Crippen LogP contribution in [-0.2, 0) is 13.2 Å². The number of hydrogen-bond acceptors (Lipinski definition) is 4. The number of aliphatic hydroxyl groups is 1. The van der Waals surface area contributed by atoms with Gasteiger partial charge >= 0.3 is 0 Å². The topological polar surface area (TPSA) is 42.4 Å². The van der Waals surface area contributed by atoms with Gasteiger partial charge in [0, 0.05) is 16.6 Å². The first-order valence-electron chi connectivity index (χ1n) is 5.12. The van der Waals surface area contributed by atoms with Crippen LogP contribution in [0, 0.1) is 6.92 Å². The Kier molecular flexibility index (Phi) is 3.99. The quantitative estimate of drug-likeness (QED) is 0.927. The van der Waals surface area contributed by atoms with Crippen molar-refractivity contribution in [3.63, 3.8) is 0 Å². The number of nitrogens with zero attached hydrogens (tertiary/aromatic N) is 1. The SMILES string of the molecule is Cc1csc(COc2c(Cl)cccc2CO)n1. The van der Waals surface area contributed by atoms with Gasteiger partial charge in [0.15, 0.2) is 0 Å². The number of ether oxygens (including phenoxy) is 1. The van der Waals surface area contributed by atoms with E-state index in [4.69, 9.17) is 16.3 Å². The molecule has 2 aromatic rings. The Hall–Kier alpha value is -1.10. The Morgan fingerprint density at radius 1 is 1.47 bits per heavy atom. The fourth-order valence-corrected chi connectivity index (χ4v) is 2.37. The van der Waals surface area contributed by atoms with E-state index in [2.05, 4.69) is 4.98 Å². The molecule has 0 amide bonds. The van der Waals surface area contributed by atoms with Crippen molar-refractivity contribution in [2.45, 2.75) is 20.1 Å². The molecule has 0 aliphatic rings. The summed E-state index contributed by atoms with van der Waals surface area (Å²) in [6.07, 6.45) is 0. The van der Waals surface area contributed by atoms with Crippen molar-refractivity contribution in [1.82, 2.24) is 4.98 Å². The first kappa shape index (κ1) is 12.4. The second kappa shape index (κ2) is 5.49. The van der Waals surface area contributed by atoms with Gasteiger partial charge in [0.2, 0.25) is 0 Å². The summed E-state index contributed by atoms with van der Waals surface area (Å²) in [5.41, 5.74) is 1.67. The summed E-state index contributed by atoms with van der Waals surface area (Å²) in [6, 6.07) is 5.31. The van der Waals surface area contributed by atoms with Crippen molar-refractivity contribution in [2.75, 3.05) is 0 Å². The van der Waals surface area contributed by atoms with Crippen LogP contribution in [0.3, 0.4) is 0 Å². The monoisotopic (exact) mass is 269 g/mol. The molecular formula is C12H12ClNO2S. The summed E-state index contributed by atoms with van der Waals surface area (Å²) < 4.78 is 5.61. The molecular weight excluding hydrogens is 258 g/mol. The number of rotatable bonds is 4. The molecule has 0 unspecified atom stereocenters. The third-order valence-corrected chi connectivity index (χ3v) is 3.46. The molecule has 0 aliphatic heterocycles. The highest BCUT2D eigenvalue weighted by Gasteiger charge is 2.08. The Morgan fingerprint density at radius 3 is 2.94 bits per heavy atom. The summed E-state index contributed by atoms with van der Waals surface area (Å²) in [6.45, 7) is 2.22. The predicted octanol–water partition coefficient (Wildman–Crippen LogP) is 3.18. The number of para-hydroxylation sites is 1. The van der Waals surface area contributed by atoms with Crippen molar-refractivity contribution in [3.8, 4) is 5.75 Å². The fourth-order valence-electron chi connectivity index (χ4n) is 1.44. The largest absolute Gasteiger partial charge is 0.484 e. The van der Waals surface area contributed by atoms with E-state index in [1.165, 1.54) is 0 Å². The van der Waals surface area contributed by atoms with Crippen molar-refractivity contribution in [2.24, 2.45) is 0 Å². The lowest BCUT2D eigenvalue weighted by atomic mass is 10.2. The Morgan fingerprint density at radius 2 is 2.29 bits per heavy atom. The fraction of sp³-hybridized carbons (Fsp3) is 0.250. The predicted molar refractivity (Wildman–Crippen MR) is 68.6 cm³/mol. The van der Waals surface area contributed by atoms with Crippen LogP contribution in [-0.4, -0.2) is 10.1 Å². The summed E-state index contributed by atoms with van der Waals surface area (Å²) in [7, 11) is 0. The Balaban J connectivity index is 2.13. The molecule has 1 aromatic heterocycles. The molecule has 0 saturated carbocycles. The first-order valence-corrected chi connectivity index (χ1v) is 6.38. The zero-order chi connectivity index (χ0) is 12.3. The molecule has 0 fully saturated rings. The van der Waals surface area contributed by atoms with E-state index >= 15 is 0 Å². The molecule has 0 spiro atoms. The number of aliphatic hydroxyl groups excluding tert-OH is 1. The summed E-state index contributed by atoms with van der Waals surface area (Å²) in [4.78, 5) is 4.30. The number of halogens is 1. The molecule has 1 aromatic carbocycles. The van der Waals surface area contributed by atoms with Crippen molar-refractivity contribution in [3.05, 3.63) is 44.9 Å². The molecule has 0 radical (unpaired) electrons. The van der Waals surface area contributed by atoms with Gasteiger partial charge < -0.3 is 9.84 Å². The molecule has 0 bridgehead atoms. The van der Waals surface area contributed by atoms with Crippen LogP contribution in [0.2, 0.25) is 5.02 Å². The van der Waals surface area contributed by atoms with Gasteiger partial charge in [0.1, 0.15) is 17.4 Å². The van der Waals surface area contributed by atoms with Gasteiger partial charge in [-0.25, -0.2) is 4.98 Å². The molecule has 0 saturated heterocycles. The van der Waals surface area contributed by atoms with Crippen LogP contribution in [0.4, 0.5) is 0 Å². The summed E-state index contributed by atoms with van der Waals surface area (Å²) >= 11 is 7.57. The molecule has 17 heavy (non-hydrogen) atoms. The number of aromatic nitrogens is 1. The molecule has 5 heteroatoms. The molecule has 0 atom stereocenters. The lowest BCUT2D eigenvalue weighted by molar-refractivity contribution is 0.259. The highest BCUT2D eigenvalue weighted by Crippen LogP contribution is 2.29. The smallest absolute Gasteiger partial charge is 0.144 e. The second-order valence-corrected chi connectivity index (χ2v) is 4.91. The van der Waals surface area contributed by atoms with Crippen LogP contribution < -0.4 is 4.74 Å². The van der Waals surface area contributed by atoms with Crippen LogP contribution in [0.25, 0.3) is 0 Å². The Labute approximate surface area is 109 Å². The minimum absolute atomic E-state index is 0.0905. The lowest BCUT2D eigenvalue weighted by Crippen LogP contribution is -1.99.